The Hall–Kier alpha value is -0.560. The van der Waals surface area contributed by atoms with Crippen molar-refractivity contribution in [3.63, 3.8) is 0 Å². The Kier molecular flexibility index (Phi) is 28.0. The van der Waals surface area contributed by atoms with Gasteiger partial charge in [-0.3, -0.25) is 4.79 Å². The minimum atomic E-state index is -0.247. The van der Waals surface area contributed by atoms with E-state index in [1.54, 1.807) is 6.92 Å². The zero-order valence-electron chi connectivity index (χ0n) is 19.4. The molecule has 0 saturated heterocycles. The predicted molar refractivity (Wildman–Crippen MR) is 119 cm³/mol. The van der Waals surface area contributed by atoms with Crippen LogP contribution in [0.1, 0.15) is 13.3 Å². The monoisotopic (exact) mass is 488 g/mol. The number of ether oxygens (including phenoxy) is 9. The van der Waals surface area contributed by atoms with Crippen LogP contribution in [-0.4, -0.2) is 124 Å². The van der Waals surface area contributed by atoms with Gasteiger partial charge >= 0.3 is 5.97 Å². The standard InChI is InChI=1S/C21H41ClO10/c1-2-32-21(23)3-5-24-7-9-26-11-13-28-15-17-30-19-20-31-18-16-29-14-12-27-10-8-25-6-4-22/h2-20H2,1H3. The van der Waals surface area contributed by atoms with Gasteiger partial charge in [-0.1, -0.05) is 0 Å². The van der Waals surface area contributed by atoms with Crippen LogP contribution < -0.4 is 0 Å². The van der Waals surface area contributed by atoms with Crippen molar-refractivity contribution in [3.05, 3.63) is 0 Å². The topological polar surface area (TPSA) is 100 Å². The summed E-state index contributed by atoms with van der Waals surface area (Å²) in [6.45, 7) is 10.1. The first-order chi connectivity index (χ1) is 15.8. The Labute approximate surface area is 197 Å². The van der Waals surface area contributed by atoms with Crippen molar-refractivity contribution in [2.75, 3.05) is 118 Å². The molecular weight excluding hydrogens is 448 g/mol. The molecule has 0 heterocycles. The highest BCUT2D eigenvalue weighted by Gasteiger charge is 2.00. The van der Waals surface area contributed by atoms with Crippen LogP contribution >= 0.6 is 11.6 Å². The molecule has 0 radical (unpaired) electrons. The summed E-state index contributed by atoms with van der Waals surface area (Å²) >= 11 is 5.49. The summed E-state index contributed by atoms with van der Waals surface area (Å²) in [6.07, 6.45) is 0.262. The molecule has 0 fully saturated rings. The normalized spacial score (nSPS) is 11.2. The molecule has 0 aliphatic carbocycles. The molecule has 0 aromatic heterocycles. The second-order valence-corrected chi connectivity index (χ2v) is 6.52. The molecule has 0 rings (SSSR count). The van der Waals surface area contributed by atoms with Crippen LogP contribution in [-0.2, 0) is 47.4 Å². The van der Waals surface area contributed by atoms with E-state index in [-0.39, 0.29) is 12.4 Å². The van der Waals surface area contributed by atoms with Gasteiger partial charge in [-0.15, -0.1) is 11.6 Å². The quantitative estimate of drug-likeness (QED) is 0.0955. The highest BCUT2D eigenvalue weighted by molar-refractivity contribution is 6.17. The number of esters is 1. The minimum absolute atomic E-state index is 0.247. The fourth-order valence-corrected chi connectivity index (χ4v) is 2.19. The Morgan fingerprint density at radius 1 is 0.500 bits per heavy atom. The lowest BCUT2D eigenvalue weighted by molar-refractivity contribution is -0.144. The summed E-state index contributed by atoms with van der Waals surface area (Å²) in [7, 11) is 0. The second-order valence-electron chi connectivity index (χ2n) is 6.14. The molecule has 0 aromatic rings. The summed E-state index contributed by atoms with van der Waals surface area (Å²) in [5.41, 5.74) is 0. The van der Waals surface area contributed by atoms with Gasteiger partial charge in [-0.05, 0) is 6.92 Å². The molecule has 0 spiro atoms. The fourth-order valence-electron chi connectivity index (χ4n) is 2.08. The Morgan fingerprint density at radius 2 is 0.781 bits per heavy atom. The van der Waals surface area contributed by atoms with E-state index in [0.717, 1.165) is 0 Å². The first-order valence-corrected chi connectivity index (χ1v) is 11.7. The fraction of sp³-hybridized carbons (Fsp3) is 0.952. The highest BCUT2D eigenvalue weighted by Crippen LogP contribution is 1.89. The van der Waals surface area contributed by atoms with Gasteiger partial charge in [0.15, 0.2) is 0 Å². The van der Waals surface area contributed by atoms with Crippen LogP contribution in [0.3, 0.4) is 0 Å². The van der Waals surface area contributed by atoms with E-state index in [9.17, 15) is 4.79 Å². The second kappa shape index (κ2) is 28.5. The van der Waals surface area contributed by atoms with Gasteiger partial charge in [-0.25, -0.2) is 0 Å². The number of carbonyl (C=O) groups excluding carboxylic acids is 1. The summed E-state index contributed by atoms with van der Waals surface area (Å²) in [6, 6.07) is 0. The summed E-state index contributed by atoms with van der Waals surface area (Å²) in [5.74, 6) is 0.250. The molecule has 0 amide bonds. The maximum absolute atomic E-state index is 11.1. The van der Waals surface area contributed by atoms with Crippen LogP contribution in [0.4, 0.5) is 0 Å². The predicted octanol–water partition coefficient (Wildman–Crippen LogP) is 1.31. The zero-order valence-corrected chi connectivity index (χ0v) is 20.2. The van der Waals surface area contributed by atoms with Crippen molar-refractivity contribution in [1.82, 2.24) is 0 Å². The van der Waals surface area contributed by atoms with Crippen LogP contribution in [0.2, 0.25) is 0 Å². The molecule has 0 aliphatic rings. The Balaban J connectivity index is 3.03. The van der Waals surface area contributed by atoms with Crippen molar-refractivity contribution < 1.29 is 47.4 Å². The number of rotatable bonds is 27. The molecule has 0 atom stereocenters. The largest absolute Gasteiger partial charge is 0.466 e. The number of halogens is 1. The van der Waals surface area contributed by atoms with Gasteiger partial charge < -0.3 is 42.6 Å². The smallest absolute Gasteiger partial charge is 0.308 e. The van der Waals surface area contributed by atoms with Crippen LogP contribution in [0, 0.1) is 0 Å². The van der Waals surface area contributed by atoms with Gasteiger partial charge in [0.25, 0.3) is 0 Å². The van der Waals surface area contributed by atoms with E-state index in [4.69, 9.17) is 54.2 Å². The van der Waals surface area contributed by atoms with Crippen LogP contribution in [0.25, 0.3) is 0 Å². The first-order valence-electron chi connectivity index (χ1n) is 11.1. The SMILES string of the molecule is CCOC(=O)CCOCCOCCOCCOCCOCCOCCOCCOCCCl. The van der Waals surface area contributed by atoms with Gasteiger partial charge in [0.1, 0.15) is 0 Å². The molecule has 0 unspecified atom stereocenters. The van der Waals surface area contributed by atoms with Crippen molar-refractivity contribution in [1.29, 1.82) is 0 Å². The van der Waals surface area contributed by atoms with E-state index in [1.807, 2.05) is 0 Å². The van der Waals surface area contributed by atoms with E-state index in [0.29, 0.717) is 118 Å². The molecule has 32 heavy (non-hydrogen) atoms. The molecule has 0 aromatic carbocycles. The third-order valence-corrected chi connectivity index (χ3v) is 3.74. The highest BCUT2D eigenvalue weighted by atomic mass is 35.5. The lowest BCUT2D eigenvalue weighted by atomic mass is 10.5. The zero-order chi connectivity index (χ0) is 23.4. The first kappa shape index (κ1) is 31.4. The van der Waals surface area contributed by atoms with Crippen molar-refractivity contribution in [2.45, 2.75) is 13.3 Å². The molecule has 192 valence electrons. The molecule has 0 saturated carbocycles. The average Bonchev–Trinajstić information content (AvgIpc) is 2.79. The van der Waals surface area contributed by atoms with Gasteiger partial charge in [0, 0.05) is 5.88 Å². The molecule has 0 bridgehead atoms. The maximum Gasteiger partial charge on any atom is 0.308 e. The number of carbonyl (C=O) groups is 1. The molecule has 0 aliphatic heterocycles. The average molecular weight is 489 g/mol. The lowest BCUT2D eigenvalue weighted by Crippen LogP contribution is -2.15. The lowest BCUT2D eigenvalue weighted by Gasteiger charge is -2.08. The summed E-state index contributed by atoms with van der Waals surface area (Å²) in [4.78, 5) is 11.1. The molecule has 11 heteroatoms. The number of hydrogen-bond donors (Lipinski definition) is 0. The third kappa shape index (κ3) is 27.5. The van der Waals surface area contributed by atoms with Crippen LogP contribution in [0.5, 0.6) is 0 Å². The number of hydrogen-bond acceptors (Lipinski definition) is 10. The van der Waals surface area contributed by atoms with E-state index < -0.39 is 0 Å². The van der Waals surface area contributed by atoms with Crippen LogP contribution in [0.15, 0.2) is 0 Å². The van der Waals surface area contributed by atoms with E-state index in [2.05, 4.69) is 0 Å². The maximum atomic E-state index is 11.1. The molecular formula is C21H41ClO10. The molecule has 0 N–H and O–H groups in total. The van der Waals surface area contributed by atoms with E-state index >= 15 is 0 Å². The Bertz CT molecular complexity index is 376. The third-order valence-electron chi connectivity index (χ3n) is 3.58. The Morgan fingerprint density at radius 3 is 1.06 bits per heavy atom. The van der Waals surface area contributed by atoms with Crippen molar-refractivity contribution in [2.24, 2.45) is 0 Å². The van der Waals surface area contributed by atoms with Gasteiger partial charge in [-0.2, -0.15) is 0 Å². The molecule has 10 nitrogen and oxygen atoms in total. The summed E-state index contributed by atoms with van der Waals surface area (Å²) in [5, 5.41) is 0. The minimum Gasteiger partial charge on any atom is -0.466 e. The van der Waals surface area contributed by atoms with Gasteiger partial charge in [0.2, 0.25) is 0 Å². The number of alkyl halides is 1. The van der Waals surface area contributed by atoms with Crippen molar-refractivity contribution >= 4 is 17.6 Å². The summed E-state index contributed by atoms with van der Waals surface area (Å²) < 4.78 is 47.6. The van der Waals surface area contributed by atoms with E-state index in [1.165, 1.54) is 0 Å². The van der Waals surface area contributed by atoms with Crippen molar-refractivity contribution in [3.8, 4) is 0 Å². The van der Waals surface area contributed by atoms with Gasteiger partial charge in [0.05, 0.1) is 119 Å².